The molecule has 0 aliphatic carbocycles. The first-order valence-electron chi connectivity index (χ1n) is 5.89. The van der Waals surface area contributed by atoms with E-state index in [0.29, 0.717) is 25.2 Å². The van der Waals surface area contributed by atoms with Gasteiger partial charge in [-0.05, 0) is 47.8 Å². The normalized spacial score (nSPS) is 12.0. The highest BCUT2D eigenvalue weighted by atomic mass is 79.9. The summed E-state index contributed by atoms with van der Waals surface area (Å²) in [5, 5.41) is 14.6. The van der Waals surface area contributed by atoms with Gasteiger partial charge in [0.1, 0.15) is 5.82 Å². The predicted octanol–water partition coefficient (Wildman–Crippen LogP) is 2.44. The number of halogens is 1. The molecular formula is C12H18BrN3O2. The lowest BCUT2D eigenvalue weighted by Crippen LogP contribution is -2.31. The van der Waals surface area contributed by atoms with Gasteiger partial charge in [-0.3, -0.25) is 5.32 Å². The van der Waals surface area contributed by atoms with Crippen molar-refractivity contribution in [2.75, 3.05) is 11.9 Å². The van der Waals surface area contributed by atoms with Crippen LogP contribution >= 0.6 is 15.9 Å². The Morgan fingerprint density at radius 1 is 1.56 bits per heavy atom. The molecule has 0 bridgehead atoms. The maximum absolute atomic E-state index is 11.5. The highest BCUT2D eigenvalue weighted by Crippen LogP contribution is 2.15. The van der Waals surface area contributed by atoms with Crippen LogP contribution in [0.5, 0.6) is 0 Å². The summed E-state index contributed by atoms with van der Waals surface area (Å²) >= 11 is 3.34. The van der Waals surface area contributed by atoms with E-state index in [1.165, 1.54) is 0 Å². The number of nitrogens with one attached hydrogen (secondary N) is 2. The molecule has 1 rings (SSSR count). The minimum atomic E-state index is -0.363. The fourth-order valence-electron chi connectivity index (χ4n) is 1.33. The fourth-order valence-corrected chi connectivity index (χ4v) is 1.55. The van der Waals surface area contributed by atoms with E-state index in [2.05, 4.69) is 31.5 Å². The fraction of sp³-hybridized carbons (Fsp3) is 0.500. The Balaban J connectivity index is 2.38. The minimum Gasteiger partial charge on any atom is -0.393 e. The topological polar surface area (TPSA) is 74.2 Å². The van der Waals surface area contributed by atoms with Crippen LogP contribution in [-0.4, -0.2) is 28.8 Å². The number of urea groups is 1. The minimum absolute atomic E-state index is 0.312. The van der Waals surface area contributed by atoms with Crippen LogP contribution in [0.15, 0.2) is 16.6 Å². The Bertz CT molecular complexity index is 412. The Kier molecular flexibility index (Phi) is 6.07. The molecule has 1 aromatic rings. The largest absolute Gasteiger partial charge is 0.393 e. The molecule has 100 valence electrons. The first kappa shape index (κ1) is 14.9. The van der Waals surface area contributed by atoms with Crippen LogP contribution in [0.2, 0.25) is 0 Å². The van der Waals surface area contributed by atoms with E-state index in [1.807, 2.05) is 19.9 Å². The number of pyridine rings is 1. The van der Waals surface area contributed by atoms with Crippen molar-refractivity contribution in [3.8, 4) is 0 Å². The Morgan fingerprint density at radius 3 is 2.89 bits per heavy atom. The third-order valence-electron chi connectivity index (χ3n) is 2.50. The van der Waals surface area contributed by atoms with Gasteiger partial charge in [0.05, 0.1) is 11.8 Å². The van der Waals surface area contributed by atoms with Crippen molar-refractivity contribution >= 4 is 27.8 Å². The second kappa shape index (κ2) is 7.33. The van der Waals surface area contributed by atoms with Crippen molar-refractivity contribution < 1.29 is 9.90 Å². The number of aliphatic hydroxyl groups excluding tert-OH is 1. The van der Waals surface area contributed by atoms with E-state index in [0.717, 1.165) is 10.2 Å². The van der Waals surface area contributed by atoms with Gasteiger partial charge in [-0.15, -0.1) is 0 Å². The van der Waals surface area contributed by atoms with E-state index in [9.17, 15) is 9.90 Å². The number of carbonyl (C=O) groups excluding carboxylic acids is 1. The van der Waals surface area contributed by atoms with Crippen LogP contribution in [0.1, 0.15) is 25.5 Å². The van der Waals surface area contributed by atoms with Gasteiger partial charge in [0.15, 0.2) is 0 Å². The molecule has 0 aliphatic rings. The van der Waals surface area contributed by atoms with E-state index in [1.54, 1.807) is 6.07 Å². The van der Waals surface area contributed by atoms with Crippen molar-refractivity contribution in [2.24, 2.45) is 0 Å². The SMILES string of the molecule is CCC(O)CCNC(=O)Nc1ccc(Br)c(C)n1. The average molecular weight is 316 g/mol. The smallest absolute Gasteiger partial charge is 0.320 e. The lowest BCUT2D eigenvalue weighted by atomic mass is 10.2. The molecule has 0 saturated heterocycles. The molecule has 3 N–H and O–H groups in total. The number of hydrogen-bond donors (Lipinski definition) is 3. The van der Waals surface area contributed by atoms with Crippen LogP contribution in [0.4, 0.5) is 10.6 Å². The molecule has 1 heterocycles. The molecule has 0 aliphatic heterocycles. The van der Waals surface area contributed by atoms with Gasteiger partial charge in [0, 0.05) is 11.0 Å². The molecule has 1 unspecified atom stereocenters. The summed E-state index contributed by atoms with van der Waals surface area (Å²) in [6, 6.07) is 3.24. The summed E-state index contributed by atoms with van der Waals surface area (Å²) in [5.41, 5.74) is 0.814. The van der Waals surface area contributed by atoms with Gasteiger partial charge in [0.25, 0.3) is 0 Å². The number of aryl methyl sites for hydroxylation is 1. The number of amides is 2. The van der Waals surface area contributed by atoms with Gasteiger partial charge in [-0.1, -0.05) is 6.92 Å². The first-order valence-corrected chi connectivity index (χ1v) is 6.68. The highest BCUT2D eigenvalue weighted by Gasteiger charge is 2.05. The molecule has 0 fully saturated rings. The van der Waals surface area contributed by atoms with Crippen LogP contribution in [-0.2, 0) is 0 Å². The van der Waals surface area contributed by atoms with Gasteiger partial charge < -0.3 is 10.4 Å². The zero-order chi connectivity index (χ0) is 13.5. The predicted molar refractivity (Wildman–Crippen MR) is 74.6 cm³/mol. The molecule has 0 saturated carbocycles. The van der Waals surface area contributed by atoms with Gasteiger partial charge in [-0.2, -0.15) is 0 Å². The maximum atomic E-state index is 11.5. The first-order chi connectivity index (χ1) is 8.52. The van der Waals surface area contributed by atoms with Crippen molar-refractivity contribution in [2.45, 2.75) is 32.8 Å². The van der Waals surface area contributed by atoms with Crippen LogP contribution < -0.4 is 10.6 Å². The van der Waals surface area contributed by atoms with E-state index >= 15 is 0 Å². The summed E-state index contributed by atoms with van der Waals surface area (Å²) in [5.74, 6) is 0.504. The number of carbonyl (C=O) groups is 1. The summed E-state index contributed by atoms with van der Waals surface area (Å²) in [6.45, 7) is 4.19. The van der Waals surface area contributed by atoms with Crippen LogP contribution in [0.3, 0.4) is 0 Å². The zero-order valence-corrected chi connectivity index (χ0v) is 12.1. The van der Waals surface area contributed by atoms with Crippen LogP contribution in [0.25, 0.3) is 0 Å². The van der Waals surface area contributed by atoms with Gasteiger partial charge in [0.2, 0.25) is 0 Å². The number of aliphatic hydroxyl groups is 1. The lowest BCUT2D eigenvalue weighted by molar-refractivity contribution is 0.160. The Morgan fingerprint density at radius 2 is 2.28 bits per heavy atom. The third kappa shape index (κ3) is 5.01. The molecule has 18 heavy (non-hydrogen) atoms. The van der Waals surface area contributed by atoms with E-state index in [-0.39, 0.29) is 12.1 Å². The monoisotopic (exact) mass is 315 g/mol. The summed E-state index contributed by atoms with van der Waals surface area (Å²) in [7, 11) is 0. The summed E-state index contributed by atoms with van der Waals surface area (Å²) < 4.78 is 0.902. The second-order valence-electron chi connectivity index (χ2n) is 4.00. The quantitative estimate of drug-likeness (QED) is 0.781. The van der Waals surface area contributed by atoms with E-state index < -0.39 is 0 Å². The molecule has 1 atom stereocenters. The van der Waals surface area contributed by atoms with Crippen molar-refractivity contribution in [3.05, 3.63) is 22.3 Å². The molecule has 5 nitrogen and oxygen atoms in total. The second-order valence-corrected chi connectivity index (χ2v) is 4.85. The van der Waals surface area contributed by atoms with Crippen molar-refractivity contribution in [1.29, 1.82) is 0 Å². The van der Waals surface area contributed by atoms with E-state index in [4.69, 9.17) is 0 Å². The summed E-state index contributed by atoms with van der Waals surface area (Å²) in [6.07, 6.45) is 0.881. The third-order valence-corrected chi connectivity index (χ3v) is 3.34. The number of rotatable bonds is 5. The number of nitrogens with zero attached hydrogens (tertiary/aromatic N) is 1. The summed E-state index contributed by atoms with van der Waals surface area (Å²) in [4.78, 5) is 15.7. The maximum Gasteiger partial charge on any atom is 0.320 e. The van der Waals surface area contributed by atoms with Crippen molar-refractivity contribution in [3.63, 3.8) is 0 Å². The molecule has 2 amide bonds. The molecular weight excluding hydrogens is 298 g/mol. The molecule has 6 heteroatoms. The molecule has 0 radical (unpaired) electrons. The molecule has 1 aromatic heterocycles. The number of hydrogen-bond acceptors (Lipinski definition) is 3. The molecule has 0 spiro atoms. The van der Waals surface area contributed by atoms with Crippen LogP contribution in [0, 0.1) is 6.92 Å². The van der Waals surface area contributed by atoms with Gasteiger partial charge in [-0.25, -0.2) is 9.78 Å². The Labute approximate surface area is 115 Å². The number of anilines is 1. The van der Waals surface area contributed by atoms with Gasteiger partial charge >= 0.3 is 6.03 Å². The standard InChI is InChI=1S/C12H18BrN3O2/c1-3-9(17)6-7-14-12(18)16-11-5-4-10(13)8(2)15-11/h4-5,9,17H,3,6-7H2,1-2H3,(H2,14,15,16,18). The average Bonchev–Trinajstić information content (AvgIpc) is 2.33. The lowest BCUT2D eigenvalue weighted by Gasteiger charge is -2.10. The van der Waals surface area contributed by atoms with Crippen molar-refractivity contribution in [1.82, 2.24) is 10.3 Å². The number of aromatic nitrogens is 1. The zero-order valence-electron chi connectivity index (χ0n) is 10.5. The Hall–Kier alpha value is -1.14. The molecule has 0 aromatic carbocycles. The highest BCUT2D eigenvalue weighted by molar-refractivity contribution is 9.10.